The Morgan fingerprint density at radius 3 is 2.03 bits per heavy atom. The number of hydrogen-bond donors (Lipinski definition) is 1. The van der Waals surface area contributed by atoms with E-state index in [4.69, 9.17) is 0 Å². The van der Waals surface area contributed by atoms with Crippen molar-refractivity contribution in [3.63, 3.8) is 0 Å². The molecule has 0 unspecified atom stereocenters. The molecular formula is C27H25FN2O. The van der Waals surface area contributed by atoms with Crippen molar-refractivity contribution < 1.29 is 9.18 Å². The number of hydrogen-bond acceptors (Lipinski definition) is 1. The molecular weight excluding hydrogens is 387 g/mol. The van der Waals surface area contributed by atoms with Gasteiger partial charge in [0.15, 0.2) is 0 Å². The van der Waals surface area contributed by atoms with Crippen LogP contribution in [0.5, 0.6) is 0 Å². The van der Waals surface area contributed by atoms with Gasteiger partial charge in [0.2, 0.25) is 0 Å². The Hall–Kier alpha value is -3.66. The van der Waals surface area contributed by atoms with E-state index in [0.717, 1.165) is 33.9 Å². The highest BCUT2D eigenvalue weighted by Crippen LogP contribution is 2.38. The van der Waals surface area contributed by atoms with Crippen molar-refractivity contribution in [3.05, 3.63) is 108 Å². The highest BCUT2D eigenvalue weighted by molar-refractivity contribution is 6.10. The maximum absolute atomic E-state index is 13.6. The average molecular weight is 413 g/mol. The Kier molecular flexibility index (Phi) is 5.72. The second-order valence-electron chi connectivity index (χ2n) is 7.87. The summed E-state index contributed by atoms with van der Waals surface area (Å²) in [6.07, 6.45) is 0. The maximum Gasteiger partial charge on any atom is 0.258 e. The van der Waals surface area contributed by atoms with Crippen LogP contribution in [-0.2, 0) is 0 Å². The summed E-state index contributed by atoms with van der Waals surface area (Å²) in [7, 11) is 0. The summed E-state index contributed by atoms with van der Waals surface area (Å²) < 4.78 is 15.8. The van der Waals surface area contributed by atoms with Gasteiger partial charge in [-0.3, -0.25) is 4.79 Å². The molecule has 0 bridgehead atoms. The second-order valence-corrected chi connectivity index (χ2v) is 7.87. The lowest BCUT2D eigenvalue weighted by Crippen LogP contribution is -2.16. The molecule has 0 radical (unpaired) electrons. The van der Waals surface area contributed by atoms with E-state index in [1.165, 1.54) is 12.1 Å². The first-order valence-corrected chi connectivity index (χ1v) is 10.4. The Balaban J connectivity index is 1.98. The second kappa shape index (κ2) is 8.60. The highest BCUT2D eigenvalue weighted by Gasteiger charge is 2.28. The Morgan fingerprint density at radius 2 is 1.45 bits per heavy atom. The molecule has 0 saturated carbocycles. The normalized spacial score (nSPS) is 11.0. The van der Waals surface area contributed by atoms with E-state index < -0.39 is 0 Å². The van der Waals surface area contributed by atoms with Crippen LogP contribution >= 0.6 is 0 Å². The van der Waals surface area contributed by atoms with Crippen LogP contribution in [0.15, 0.2) is 84.9 Å². The van der Waals surface area contributed by atoms with Crippen LogP contribution in [0.1, 0.15) is 41.5 Å². The van der Waals surface area contributed by atoms with Crippen LogP contribution in [-0.4, -0.2) is 10.5 Å². The van der Waals surface area contributed by atoms with E-state index in [2.05, 4.69) is 23.7 Å². The summed E-state index contributed by atoms with van der Waals surface area (Å²) in [5.41, 5.74) is 5.85. The molecule has 1 aromatic heterocycles. The number of amides is 1. The molecule has 0 aliphatic carbocycles. The molecule has 3 aromatic carbocycles. The van der Waals surface area contributed by atoms with Crippen molar-refractivity contribution in [1.82, 2.24) is 4.57 Å². The molecule has 4 aromatic rings. The Bertz CT molecular complexity index is 1190. The van der Waals surface area contributed by atoms with Crippen molar-refractivity contribution in [2.75, 3.05) is 5.32 Å². The largest absolute Gasteiger partial charge is 0.322 e. The molecule has 4 heteroatoms. The maximum atomic E-state index is 13.6. The zero-order chi connectivity index (χ0) is 22.0. The van der Waals surface area contributed by atoms with E-state index in [-0.39, 0.29) is 17.6 Å². The number of nitrogens with one attached hydrogen (secondary N) is 1. The van der Waals surface area contributed by atoms with Gasteiger partial charge in [0.05, 0.1) is 5.56 Å². The molecule has 1 heterocycles. The number of aromatic nitrogens is 1. The zero-order valence-electron chi connectivity index (χ0n) is 17.9. The molecule has 31 heavy (non-hydrogen) atoms. The number of benzene rings is 3. The van der Waals surface area contributed by atoms with E-state index in [9.17, 15) is 9.18 Å². The molecule has 156 valence electrons. The molecule has 0 spiro atoms. The summed E-state index contributed by atoms with van der Waals surface area (Å²) >= 11 is 0. The van der Waals surface area contributed by atoms with Gasteiger partial charge in [-0.1, -0.05) is 62.4 Å². The van der Waals surface area contributed by atoms with Crippen molar-refractivity contribution in [2.24, 2.45) is 0 Å². The number of halogens is 1. The lowest BCUT2D eigenvalue weighted by molar-refractivity contribution is 0.102. The van der Waals surface area contributed by atoms with E-state index in [1.54, 1.807) is 12.1 Å². The fourth-order valence-electron chi connectivity index (χ4n) is 4.08. The van der Waals surface area contributed by atoms with Gasteiger partial charge < -0.3 is 9.88 Å². The van der Waals surface area contributed by atoms with Crippen LogP contribution < -0.4 is 5.32 Å². The number of carbonyl (C=O) groups excluding carboxylic acids is 1. The van der Waals surface area contributed by atoms with Gasteiger partial charge in [0.25, 0.3) is 5.91 Å². The number of para-hydroxylation sites is 2. The number of carbonyl (C=O) groups is 1. The SMILES string of the molecule is Cc1c(-c2ccc(F)cc2)c(C(=O)Nc2ccccc2)c(C(C)C)n1-c1ccccc1. The molecule has 1 N–H and O–H groups in total. The van der Waals surface area contributed by atoms with Gasteiger partial charge in [-0.2, -0.15) is 0 Å². The minimum Gasteiger partial charge on any atom is -0.322 e. The molecule has 1 amide bonds. The summed E-state index contributed by atoms with van der Waals surface area (Å²) in [6, 6.07) is 25.8. The summed E-state index contributed by atoms with van der Waals surface area (Å²) in [5.74, 6) is -0.389. The highest BCUT2D eigenvalue weighted by atomic mass is 19.1. The van der Waals surface area contributed by atoms with Gasteiger partial charge in [0, 0.05) is 28.3 Å². The van der Waals surface area contributed by atoms with Crippen LogP contribution in [0.4, 0.5) is 10.1 Å². The van der Waals surface area contributed by atoms with E-state index in [0.29, 0.717) is 5.56 Å². The summed E-state index contributed by atoms with van der Waals surface area (Å²) in [6.45, 7) is 6.18. The molecule has 3 nitrogen and oxygen atoms in total. The van der Waals surface area contributed by atoms with Gasteiger partial charge in [0.1, 0.15) is 5.82 Å². The van der Waals surface area contributed by atoms with E-state index >= 15 is 0 Å². The fraction of sp³-hybridized carbons (Fsp3) is 0.148. The molecule has 0 atom stereocenters. The van der Waals surface area contributed by atoms with Crippen LogP contribution in [0.25, 0.3) is 16.8 Å². The first kappa shape index (κ1) is 20.6. The predicted octanol–water partition coefficient (Wildman–Crippen LogP) is 6.97. The quantitative estimate of drug-likeness (QED) is 0.377. The van der Waals surface area contributed by atoms with Gasteiger partial charge in [-0.25, -0.2) is 4.39 Å². The fourth-order valence-corrected chi connectivity index (χ4v) is 4.08. The van der Waals surface area contributed by atoms with Gasteiger partial charge in [-0.05, 0) is 54.8 Å². The van der Waals surface area contributed by atoms with Crippen molar-refractivity contribution in [2.45, 2.75) is 26.7 Å². The van der Waals surface area contributed by atoms with Gasteiger partial charge >= 0.3 is 0 Å². The molecule has 0 saturated heterocycles. The third-order valence-electron chi connectivity index (χ3n) is 5.40. The molecule has 4 rings (SSSR count). The topological polar surface area (TPSA) is 34.0 Å². The zero-order valence-corrected chi connectivity index (χ0v) is 17.9. The number of rotatable bonds is 5. The van der Waals surface area contributed by atoms with Crippen molar-refractivity contribution >= 4 is 11.6 Å². The first-order valence-electron chi connectivity index (χ1n) is 10.4. The molecule has 0 aliphatic rings. The number of nitrogens with zero attached hydrogens (tertiary/aromatic N) is 1. The Labute approximate surface area is 182 Å². The van der Waals surface area contributed by atoms with E-state index in [1.807, 2.05) is 67.6 Å². The predicted molar refractivity (Wildman–Crippen MR) is 124 cm³/mol. The average Bonchev–Trinajstić information content (AvgIpc) is 3.09. The van der Waals surface area contributed by atoms with Gasteiger partial charge in [-0.15, -0.1) is 0 Å². The van der Waals surface area contributed by atoms with Crippen LogP contribution in [0.2, 0.25) is 0 Å². The smallest absolute Gasteiger partial charge is 0.258 e. The minimum atomic E-state index is -0.303. The van der Waals surface area contributed by atoms with Crippen LogP contribution in [0.3, 0.4) is 0 Å². The third kappa shape index (κ3) is 4.02. The Morgan fingerprint density at radius 1 is 0.871 bits per heavy atom. The monoisotopic (exact) mass is 412 g/mol. The lowest BCUT2D eigenvalue weighted by atomic mass is 9.96. The summed E-state index contributed by atoms with van der Waals surface area (Å²) in [5, 5.41) is 3.04. The molecule has 0 aliphatic heterocycles. The standard InChI is InChI=1S/C27H25FN2O/c1-18(2)26-25(27(31)29-22-10-6-4-7-11-22)24(20-14-16-21(28)17-15-20)19(3)30(26)23-12-8-5-9-13-23/h4-18H,1-3H3,(H,29,31). The third-order valence-corrected chi connectivity index (χ3v) is 5.40. The summed E-state index contributed by atoms with van der Waals surface area (Å²) in [4.78, 5) is 13.6. The van der Waals surface area contributed by atoms with Crippen molar-refractivity contribution in [3.8, 4) is 16.8 Å². The lowest BCUT2D eigenvalue weighted by Gasteiger charge is -2.16. The van der Waals surface area contributed by atoms with Crippen LogP contribution in [0, 0.1) is 12.7 Å². The first-order chi connectivity index (χ1) is 15.0. The van der Waals surface area contributed by atoms with Crippen molar-refractivity contribution in [1.29, 1.82) is 0 Å². The number of anilines is 1. The molecule has 0 fully saturated rings. The minimum absolute atomic E-state index is 0.0876.